The third-order valence-electron chi connectivity index (χ3n) is 3.20. The molecule has 0 spiro atoms. The van der Waals surface area contributed by atoms with Gasteiger partial charge in [0.1, 0.15) is 5.75 Å². The average Bonchev–Trinajstić information content (AvgIpc) is 2.46. The molecule has 2 aromatic rings. The molecule has 3 heteroatoms. The number of aryl methyl sites for hydroxylation is 1. The Morgan fingerprint density at radius 1 is 1.26 bits per heavy atom. The van der Waals surface area contributed by atoms with Crippen molar-refractivity contribution in [1.82, 2.24) is 10.3 Å². The Morgan fingerprint density at radius 3 is 2.74 bits per heavy atom. The molecule has 1 atom stereocenters. The van der Waals surface area contributed by atoms with E-state index in [1.807, 2.05) is 30.5 Å². The lowest BCUT2D eigenvalue weighted by molar-refractivity contribution is 0.411. The molecule has 0 bridgehead atoms. The number of pyridine rings is 1. The van der Waals surface area contributed by atoms with E-state index in [1.54, 1.807) is 7.11 Å². The molecule has 0 saturated carbocycles. The number of benzene rings is 1. The molecular weight excluding hydrogens is 236 g/mol. The highest BCUT2D eigenvalue weighted by molar-refractivity contribution is 5.36. The molecule has 0 amide bonds. The monoisotopic (exact) mass is 256 g/mol. The molecule has 0 aliphatic rings. The Balaban J connectivity index is 1.97. The van der Waals surface area contributed by atoms with Gasteiger partial charge in [-0.25, -0.2) is 0 Å². The fraction of sp³-hybridized carbons (Fsp3) is 0.312. The molecule has 3 nitrogen and oxygen atoms in total. The molecule has 2 rings (SSSR count). The quantitative estimate of drug-likeness (QED) is 0.891. The summed E-state index contributed by atoms with van der Waals surface area (Å²) in [6.07, 6.45) is 1.82. The maximum Gasteiger partial charge on any atom is 0.121 e. The summed E-state index contributed by atoms with van der Waals surface area (Å²) in [5, 5.41) is 3.48. The molecule has 0 saturated heterocycles. The SMILES string of the molecule is COc1ccc(CN[C@@H](C)c2ccccn2)cc1C. The van der Waals surface area contributed by atoms with Crippen molar-refractivity contribution in [2.45, 2.75) is 26.4 Å². The van der Waals surface area contributed by atoms with Crippen LogP contribution in [0.5, 0.6) is 5.75 Å². The topological polar surface area (TPSA) is 34.1 Å². The Hall–Kier alpha value is -1.87. The molecule has 0 unspecified atom stereocenters. The van der Waals surface area contributed by atoms with Crippen LogP contribution >= 0.6 is 0 Å². The van der Waals surface area contributed by atoms with E-state index >= 15 is 0 Å². The van der Waals surface area contributed by atoms with E-state index in [2.05, 4.69) is 36.3 Å². The van der Waals surface area contributed by atoms with Crippen LogP contribution in [-0.4, -0.2) is 12.1 Å². The minimum atomic E-state index is 0.239. The third kappa shape index (κ3) is 3.55. The van der Waals surface area contributed by atoms with Crippen molar-refractivity contribution >= 4 is 0 Å². The van der Waals surface area contributed by atoms with Gasteiger partial charge in [0.15, 0.2) is 0 Å². The van der Waals surface area contributed by atoms with Gasteiger partial charge >= 0.3 is 0 Å². The summed E-state index contributed by atoms with van der Waals surface area (Å²) >= 11 is 0. The summed E-state index contributed by atoms with van der Waals surface area (Å²) < 4.78 is 5.26. The second-order valence-corrected chi connectivity index (χ2v) is 4.66. The lowest BCUT2D eigenvalue weighted by atomic mass is 10.1. The number of aromatic nitrogens is 1. The van der Waals surface area contributed by atoms with Crippen LogP contribution in [-0.2, 0) is 6.54 Å². The number of methoxy groups -OCH3 is 1. The van der Waals surface area contributed by atoms with Crippen LogP contribution in [0.4, 0.5) is 0 Å². The van der Waals surface area contributed by atoms with Crippen LogP contribution < -0.4 is 10.1 Å². The molecule has 0 aliphatic heterocycles. The highest BCUT2D eigenvalue weighted by atomic mass is 16.5. The van der Waals surface area contributed by atoms with E-state index in [1.165, 1.54) is 5.56 Å². The minimum absolute atomic E-state index is 0.239. The first-order chi connectivity index (χ1) is 9.20. The largest absolute Gasteiger partial charge is 0.496 e. The lowest BCUT2D eigenvalue weighted by Crippen LogP contribution is -2.19. The molecule has 1 aromatic carbocycles. The molecule has 0 fully saturated rings. The van der Waals surface area contributed by atoms with Crippen molar-refractivity contribution in [3.8, 4) is 5.75 Å². The van der Waals surface area contributed by atoms with Crippen molar-refractivity contribution in [2.24, 2.45) is 0 Å². The molecule has 0 aliphatic carbocycles. The Morgan fingerprint density at radius 2 is 2.11 bits per heavy atom. The van der Waals surface area contributed by atoms with Crippen LogP contribution in [0.3, 0.4) is 0 Å². The normalized spacial score (nSPS) is 12.2. The first kappa shape index (κ1) is 13.6. The molecule has 100 valence electrons. The van der Waals surface area contributed by atoms with Crippen LogP contribution in [0, 0.1) is 6.92 Å². The molecule has 1 N–H and O–H groups in total. The van der Waals surface area contributed by atoms with Gasteiger partial charge in [-0.2, -0.15) is 0 Å². The van der Waals surface area contributed by atoms with E-state index in [0.717, 1.165) is 23.6 Å². The van der Waals surface area contributed by atoms with E-state index < -0.39 is 0 Å². The van der Waals surface area contributed by atoms with Crippen LogP contribution in [0.15, 0.2) is 42.6 Å². The van der Waals surface area contributed by atoms with Crippen LogP contribution in [0.1, 0.15) is 29.8 Å². The van der Waals surface area contributed by atoms with E-state index in [-0.39, 0.29) is 6.04 Å². The minimum Gasteiger partial charge on any atom is -0.496 e. The van der Waals surface area contributed by atoms with Gasteiger partial charge in [0.25, 0.3) is 0 Å². The van der Waals surface area contributed by atoms with Crippen molar-refractivity contribution in [3.63, 3.8) is 0 Å². The van der Waals surface area contributed by atoms with Gasteiger partial charge in [-0.3, -0.25) is 4.98 Å². The zero-order chi connectivity index (χ0) is 13.7. The van der Waals surface area contributed by atoms with E-state index in [4.69, 9.17) is 4.74 Å². The van der Waals surface area contributed by atoms with E-state index in [9.17, 15) is 0 Å². The smallest absolute Gasteiger partial charge is 0.121 e. The number of ether oxygens (including phenoxy) is 1. The highest BCUT2D eigenvalue weighted by Crippen LogP contribution is 2.19. The zero-order valence-corrected chi connectivity index (χ0v) is 11.7. The van der Waals surface area contributed by atoms with Crippen molar-refractivity contribution in [2.75, 3.05) is 7.11 Å². The Labute approximate surface area is 114 Å². The third-order valence-corrected chi connectivity index (χ3v) is 3.20. The van der Waals surface area contributed by atoms with Crippen molar-refractivity contribution in [1.29, 1.82) is 0 Å². The Bertz CT molecular complexity index is 526. The average molecular weight is 256 g/mol. The lowest BCUT2D eigenvalue weighted by Gasteiger charge is -2.14. The second kappa shape index (κ2) is 6.34. The highest BCUT2D eigenvalue weighted by Gasteiger charge is 2.06. The molecule has 1 aromatic heterocycles. The van der Waals surface area contributed by atoms with Gasteiger partial charge in [0, 0.05) is 18.8 Å². The second-order valence-electron chi connectivity index (χ2n) is 4.66. The van der Waals surface area contributed by atoms with Crippen LogP contribution in [0.25, 0.3) is 0 Å². The van der Waals surface area contributed by atoms with Gasteiger partial charge in [0.2, 0.25) is 0 Å². The van der Waals surface area contributed by atoms with Crippen molar-refractivity contribution in [3.05, 3.63) is 59.4 Å². The van der Waals surface area contributed by atoms with Gasteiger partial charge in [-0.15, -0.1) is 0 Å². The summed E-state index contributed by atoms with van der Waals surface area (Å²) in [6, 6.07) is 12.5. The fourth-order valence-corrected chi connectivity index (χ4v) is 2.06. The molecule has 1 heterocycles. The van der Waals surface area contributed by atoms with E-state index in [0.29, 0.717) is 0 Å². The first-order valence-corrected chi connectivity index (χ1v) is 6.48. The summed E-state index contributed by atoms with van der Waals surface area (Å²) in [7, 11) is 1.70. The Kier molecular flexibility index (Phi) is 4.53. The van der Waals surface area contributed by atoms with Gasteiger partial charge in [0.05, 0.1) is 12.8 Å². The fourth-order valence-electron chi connectivity index (χ4n) is 2.06. The number of rotatable bonds is 5. The van der Waals surface area contributed by atoms with Gasteiger partial charge in [-0.1, -0.05) is 18.2 Å². The predicted octanol–water partition coefficient (Wildman–Crippen LogP) is 3.25. The zero-order valence-electron chi connectivity index (χ0n) is 11.7. The summed E-state index contributed by atoms with van der Waals surface area (Å²) in [5.41, 5.74) is 3.47. The summed E-state index contributed by atoms with van der Waals surface area (Å²) in [4.78, 5) is 4.35. The number of nitrogens with one attached hydrogen (secondary N) is 1. The molecule has 19 heavy (non-hydrogen) atoms. The molecule has 0 radical (unpaired) electrons. The summed E-state index contributed by atoms with van der Waals surface area (Å²) in [5.74, 6) is 0.932. The number of hydrogen-bond acceptors (Lipinski definition) is 3. The van der Waals surface area contributed by atoms with Crippen LogP contribution in [0.2, 0.25) is 0 Å². The first-order valence-electron chi connectivity index (χ1n) is 6.48. The molecular formula is C16H20N2O. The van der Waals surface area contributed by atoms with Gasteiger partial charge in [-0.05, 0) is 43.2 Å². The standard InChI is InChI=1S/C16H20N2O/c1-12-10-14(7-8-16(12)19-3)11-18-13(2)15-6-4-5-9-17-15/h4-10,13,18H,11H2,1-3H3/t13-/m0/s1. The van der Waals surface area contributed by atoms with Crippen molar-refractivity contribution < 1.29 is 4.74 Å². The number of hydrogen-bond donors (Lipinski definition) is 1. The number of nitrogens with zero attached hydrogens (tertiary/aromatic N) is 1. The predicted molar refractivity (Wildman–Crippen MR) is 77.2 cm³/mol. The maximum atomic E-state index is 5.26. The summed E-state index contributed by atoms with van der Waals surface area (Å²) in [6.45, 7) is 5.01. The van der Waals surface area contributed by atoms with Gasteiger partial charge < -0.3 is 10.1 Å². The maximum absolute atomic E-state index is 5.26.